The van der Waals surface area contributed by atoms with Crippen molar-refractivity contribution in [1.29, 1.82) is 0 Å². The second-order valence-electron chi connectivity index (χ2n) is 9.76. The summed E-state index contributed by atoms with van der Waals surface area (Å²) in [6, 6.07) is 16.6. The van der Waals surface area contributed by atoms with Crippen molar-refractivity contribution in [3.63, 3.8) is 0 Å². The standard InChI is InChI=1S/C30H38N4O2S/c35-37(36,19-17-27-13-3-1-9-25(27)11-5-7-15-29-21-31-23-33-29)20-18-28-14-4-2-10-26(28)12-6-8-16-30-22-32-24-34-30/h1-4,9-10,13-14,21-24H,5-8,11-12,15-20H2,(H,31,33)(H,32,34). The summed E-state index contributed by atoms with van der Waals surface area (Å²) in [6.07, 6.45) is 16.6. The fourth-order valence-corrected chi connectivity index (χ4v) is 6.09. The molecule has 196 valence electrons. The van der Waals surface area contributed by atoms with Crippen LogP contribution in [0.4, 0.5) is 0 Å². The number of hydrogen-bond acceptors (Lipinski definition) is 4. The van der Waals surface area contributed by atoms with Crippen LogP contribution in [0.1, 0.15) is 59.3 Å². The van der Waals surface area contributed by atoms with Crippen LogP contribution in [-0.4, -0.2) is 39.9 Å². The number of hydrogen-bond donors (Lipinski definition) is 2. The predicted octanol–water partition coefficient (Wildman–Crippen LogP) is 5.46. The van der Waals surface area contributed by atoms with Crippen LogP contribution in [0, 0.1) is 0 Å². The van der Waals surface area contributed by atoms with Crippen LogP contribution in [0.5, 0.6) is 0 Å². The molecule has 0 fully saturated rings. The molecule has 4 aromatic rings. The molecule has 37 heavy (non-hydrogen) atoms. The molecule has 0 aliphatic heterocycles. The average Bonchev–Trinajstić information content (AvgIpc) is 3.63. The van der Waals surface area contributed by atoms with Gasteiger partial charge in [-0.25, -0.2) is 18.4 Å². The summed E-state index contributed by atoms with van der Waals surface area (Å²) < 4.78 is 25.9. The molecule has 0 aliphatic carbocycles. The SMILES string of the molecule is O=S(=O)(CCc1ccccc1CCCCc1cnc[nH]1)CCc1ccccc1CCCCc1cnc[nH]1. The van der Waals surface area contributed by atoms with E-state index in [-0.39, 0.29) is 11.5 Å². The second-order valence-corrected chi connectivity index (χ2v) is 12.1. The maximum atomic E-state index is 13.0. The molecule has 0 saturated heterocycles. The minimum atomic E-state index is -3.14. The lowest BCUT2D eigenvalue weighted by molar-refractivity contribution is 0.594. The topological polar surface area (TPSA) is 91.5 Å². The minimum Gasteiger partial charge on any atom is -0.348 e. The number of imidazole rings is 2. The number of aryl methyl sites for hydroxylation is 6. The summed E-state index contributed by atoms with van der Waals surface area (Å²) in [6.45, 7) is 0. The van der Waals surface area contributed by atoms with Crippen molar-refractivity contribution in [2.75, 3.05) is 11.5 Å². The maximum Gasteiger partial charge on any atom is 0.150 e. The quantitative estimate of drug-likeness (QED) is 0.193. The van der Waals surface area contributed by atoms with Crippen LogP contribution in [-0.2, 0) is 48.4 Å². The fourth-order valence-electron chi connectivity index (χ4n) is 4.83. The van der Waals surface area contributed by atoms with E-state index in [9.17, 15) is 8.42 Å². The summed E-state index contributed by atoms with van der Waals surface area (Å²) in [5.41, 5.74) is 7.17. The van der Waals surface area contributed by atoms with Crippen molar-refractivity contribution >= 4 is 9.84 Å². The lowest BCUT2D eigenvalue weighted by atomic mass is 9.99. The molecule has 2 aromatic heterocycles. The van der Waals surface area contributed by atoms with Crippen LogP contribution >= 0.6 is 0 Å². The van der Waals surface area contributed by atoms with Crippen LogP contribution in [0.2, 0.25) is 0 Å². The molecule has 2 N–H and O–H groups in total. The van der Waals surface area contributed by atoms with Crippen molar-refractivity contribution in [2.24, 2.45) is 0 Å². The zero-order valence-electron chi connectivity index (χ0n) is 21.5. The minimum absolute atomic E-state index is 0.199. The number of unbranched alkanes of at least 4 members (excludes halogenated alkanes) is 2. The third kappa shape index (κ3) is 9.01. The number of aromatic amines is 2. The van der Waals surface area contributed by atoms with E-state index in [1.165, 1.54) is 11.1 Å². The number of rotatable bonds is 16. The zero-order valence-corrected chi connectivity index (χ0v) is 22.3. The van der Waals surface area contributed by atoms with Crippen LogP contribution in [0.25, 0.3) is 0 Å². The molecule has 0 bridgehead atoms. The summed E-state index contributed by atoms with van der Waals surface area (Å²) in [5.74, 6) is 0.398. The molecule has 2 aromatic carbocycles. The number of sulfone groups is 1. The third-order valence-corrected chi connectivity index (χ3v) is 8.65. The maximum absolute atomic E-state index is 13.0. The van der Waals surface area contributed by atoms with E-state index < -0.39 is 9.84 Å². The summed E-state index contributed by atoms with van der Waals surface area (Å²) in [5, 5.41) is 0. The highest BCUT2D eigenvalue weighted by Crippen LogP contribution is 2.17. The van der Waals surface area contributed by atoms with Crippen LogP contribution in [0.15, 0.2) is 73.6 Å². The van der Waals surface area contributed by atoms with Gasteiger partial charge in [0.2, 0.25) is 0 Å². The molecule has 0 amide bonds. The molecular weight excluding hydrogens is 480 g/mol. The van der Waals surface area contributed by atoms with Gasteiger partial charge in [0.05, 0.1) is 24.2 Å². The Bertz CT molecular complexity index is 1200. The van der Waals surface area contributed by atoms with Gasteiger partial charge in [-0.2, -0.15) is 0 Å². The zero-order chi connectivity index (χ0) is 25.8. The Morgan fingerprint density at radius 2 is 0.919 bits per heavy atom. The van der Waals surface area contributed by atoms with E-state index in [2.05, 4.69) is 44.2 Å². The van der Waals surface area contributed by atoms with Crippen molar-refractivity contribution in [1.82, 2.24) is 19.9 Å². The first kappa shape index (κ1) is 26.9. The van der Waals surface area contributed by atoms with Gasteiger partial charge >= 0.3 is 0 Å². The monoisotopic (exact) mass is 518 g/mol. The number of benzene rings is 2. The third-order valence-electron chi connectivity index (χ3n) is 7.00. The van der Waals surface area contributed by atoms with Crippen molar-refractivity contribution < 1.29 is 8.42 Å². The van der Waals surface area contributed by atoms with Gasteiger partial charge in [0, 0.05) is 23.8 Å². The molecule has 0 aliphatic rings. The number of aromatic nitrogens is 4. The van der Waals surface area contributed by atoms with Gasteiger partial charge in [-0.15, -0.1) is 0 Å². The molecule has 0 atom stereocenters. The molecule has 0 saturated carbocycles. The van der Waals surface area contributed by atoms with E-state index in [4.69, 9.17) is 0 Å². The molecular formula is C30H38N4O2S. The van der Waals surface area contributed by atoms with Gasteiger partial charge in [-0.1, -0.05) is 48.5 Å². The van der Waals surface area contributed by atoms with Crippen molar-refractivity contribution in [2.45, 2.75) is 64.2 Å². The molecule has 2 heterocycles. The fraction of sp³-hybridized carbons (Fsp3) is 0.400. The highest BCUT2D eigenvalue weighted by atomic mass is 32.2. The van der Waals surface area contributed by atoms with Gasteiger partial charge in [0.1, 0.15) is 0 Å². The summed E-state index contributed by atoms with van der Waals surface area (Å²) >= 11 is 0. The van der Waals surface area contributed by atoms with Gasteiger partial charge in [-0.05, 0) is 86.5 Å². The molecule has 0 spiro atoms. The van der Waals surface area contributed by atoms with E-state index in [0.717, 1.165) is 73.9 Å². The first-order valence-electron chi connectivity index (χ1n) is 13.4. The largest absolute Gasteiger partial charge is 0.348 e. The molecule has 6 nitrogen and oxygen atoms in total. The first-order chi connectivity index (χ1) is 18.1. The lowest BCUT2D eigenvalue weighted by Crippen LogP contribution is -2.16. The average molecular weight is 519 g/mol. The molecule has 4 rings (SSSR count). The Morgan fingerprint density at radius 3 is 1.30 bits per heavy atom. The van der Waals surface area contributed by atoms with Gasteiger partial charge in [0.15, 0.2) is 9.84 Å². The van der Waals surface area contributed by atoms with Gasteiger partial charge < -0.3 is 9.97 Å². The highest BCUT2D eigenvalue weighted by molar-refractivity contribution is 7.91. The number of nitrogens with zero attached hydrogens (tertiary/aromatic N) is 2. The Labute approximate surface area is 220 Å². The second kappa shape index (κ2) is 13.9. The normalized spacial score (nSPS) is 11.7. The summed E-state index contributed by atoms with van der Waals surface area (Å²) in [4.78, 5) is 14.4. The first-order valence-corrected chi connectivity index (χ1v) is 15.2. The van der Waals surface area contributed by atoms with E-state index in [1.807, 2.05) is 36.7 Å². The van der Waals surface area contributed by atoms with Crippen molar-refractivity contribution in [3.8, 4) is 0 Å². The van der Waals surface area contributed by atoms with E-state index in [0.29, 0.717) is 12.8 Å². The van der Waals surface area contributed by atoms with Crippen molar-refractivity contribution in [3.05, 3.63) is 107 Å². The van der Waals surface area contributed by atoms with Crippen LogP contribution in [0.3, 0.4) is 0 Å². The Morgan fingerprint density at radius 1 is 0.541 bits per heavy atom. The number of H-pyrrole nitrogens is 2. The van der Waals surface area contributed by atoms with Gasteiger partial charge in [-0.3, -0.25) is 0 Å². The Balaban J connectivity index is 1.23. The van der Waals surface area contributed by atoms with Crippen LogP contribution < -0.4 is 0 Å². The molecule has 0 radical (unpaired) electrons. The Hall–Kier alpha value is -3.19. The molecule has 7 heteroatoms. The highest BCUT2D eigenvalue weighted by Gasteiger charge is 2.14. The smallest absolute Gasteiger partial charge is 0.150 e. The number of nitrogens with one attached hydrogen (secondary N) is 2. The van der Waals surface area contributed by atoms with E-state index in [1.54, 1.807) is 12.7 Å². The Kier molecular flexibility index (Phi) is 10.1. The lowest BCUT2D eigenvalue weighted by Gasteiger charge is -2.12. The summed E-state index contributed by atoms with van der Waals surface area (Å²) in [7, 11) is -3.14. The predicted molar refractivity (Wildman–Crippen MR) is 149 cm³/mol. The van der Waals surface area contributed by atoms with Gasteiger partial charge in [0.25, 0.3) is 0 Å². The van der Waals surface area contributed by atoms with E-state index >= 15 is 0 Å². The molecule has 0 unspecified atom stereocenters.